The third-order valence-corrected chi connectivity index (χ3v) is 4.19. The minimum atomic E-state index is -0.291. The van der Waals surface area contributed by atoms with Crippen molar-refractivity contribution in [1.29, 1.82) is 0 Å². The lowest BCUT2D eigenvalue weighted by Crippen LogP contribution is -2.20. The SMILES string of the molecule is Cc1ccc(/C=N/NC(=O)CCC(=O)Nc2ccc(C)c(C)c2)c(C)c1. The molecule has 0 radical (unpaired) electrons. The molecule has 5 heteroatoms. The zero-order valence-electron chi connectivity index (χ0n) is 15.7. The average molecular weight is 351 g/mol. The number of amides is 2. The van der Waals surface area contributed by atoms with Gasteiger partial charge in [-0.05, 0) is 62.1 Å². The maximum atomic E-state index is 12.0. The number of nitrogens with zero attached hydrogens (tertiary/aromatic N) is 1. The van der Waals surface area contributed by atoms with Gasteiger partial charge in [0, 0.05) is 18.5 Å². The van der Waals surface area contributed by atoms with E-state index in [0.717, 1.165) is 22.4 Å². The summed E-state index contributed by atoms with van der Waals surface area (Å²) in [4.78, 5) is 23.8. The van der Waals surface area contributed by atoms with Crippen molar-refractivity contribution in [3.8, 4) is 0 Å². The lowest BCUT2D eigenvalue weighted by Gasteiger charge is -2.07. The van der Waals surface area contributed by atoms with E-state index in [1.807, 2.05) is 58.0 Å². The summed E-state index contributed by atoms with van der Waals surface area (Å²) < 4.78 is 0. The fraction of sp³-hybridized carbons (Fsp3) is 0.286. The molecule has 0 aliphatic heterocycles. The zero-order chi connectivity index (χ0) is 19.1. The highest BCUT2D eigenvalue weighted by molar-refractivity contribution is 5.93. The summed E-state index contributed by atoms with van der Waals surface area (Å²) in [6.07, 6.45) is 1.81. The van der Waals surface area contributed by atoms with Gasteiger partial charge in [0.15, 0.2) is 0 Å². The largest absolute Gasteiger partial charge is 0.326 e. The van der Waals surface area contributed by atoms with Gasteiger partial charge in [-0.3, -0.25) is 9.59 Å². The number of hydrogen-bond donors (Lipinski definition) is 2. The standard InChI is InChI=1S/C21H25N3O2/c1-14-5-7-18(17(4)11-14)13-22-24-21(26)10-9-20(25)23-19-8-6-15(2)16(3)12-19/h5-8,11-13H,9-10H2,1-4H3,(H,23,25)(H,24,26)/b22-13+. The first kappa shape index (κ1) is 19.4. The Balaban J connectivity index is 1.78. The molecule has 0 aliphatic rings. The molecule has 2 amide bonds. The normalized spacial score (nSPS) is 10.8. The zero-order valence-corrected chi connectivity index (χ0v) is 15.7. The summed E-state index contributed by atoms with van der Waals surface area (Å²) in [5.74, 6) is -0.483. The number of rotatable bonds is 6. The lowest BCUT2D eigenvalue weighted by atomic mass is 10.1. The van der Waals surface area contributed by atoms with Crippen molar-refractivity contribution in [2.24, 2.45) is 5.10 Å². The smallest absolute Gasteiger partial charge is 0.240 e. The molecule has 0 aromatic heterocycles. The maximum Gasteiger partial charge on any atom is 0.240 e. The predicted molar refractivity (Wildman–Crippen MR) is 105 cm³/mol. The number of carbonyl (C=O) groups is 2. The van der Waals surface area contributed by atoms with Gasteiger partial charge in [0.1, 0.15) is 0 Å². The van der Waals surface area contributed by atoms with Crippen LogP contribution in [0, 0.1) is 27.7 Å². The van der Waals surface area contributed by atoms with E-state index in [1.165, 1.54) is 11.1 Å². The van der Waals surface area contributed by atoms with E-state index in [9.17, 15) is 9.59 Å². The van der Waals surface area contributed by atoms with Gasteiger partial charge < -0.3 is 5.32 Å². The third-order valence-electron chi connectivity index (χ3n) is 4.19. The second kappa shape index (κ2) is 8.94. The number of nitrogens with one attached hydrogen (secondary N) is 2. The van der Waals surface area contributed by atoms with E-state index in [4.69, 9.17) is 0 Å². The first-order valence-corrected chi connectivity index (χ1v) is 8.61. The van der Waals surface area contributed by atoms with Crippen molar-refractivity contribution in [1.82, 2.24) is 5.43 Å². The van der Waals surface area contributed by atoms with Gasteiger partial charge in [-0.2, -0.15) is 5.10 Å². The topological polar surface area (TPSA) is 70.6 Å². The van der Waals surface area contributed by atoms with E-state index in [1.54, 1.807) is 6.21 Å². The molecule has 0 fully saturated rings. The lowest BCUT2D eigenvalue weighted by molar-refractivity contribution is -0.124. The first-order valence-electron chi connectivity index (χ1n) is 8.61. The van der Waals surface area contributed by atoms with Crippen LogP contribution in [0.5, 0.6) is 0 Å². The Morgan fingerprint density at radius 3 is 2.31 bits per heavy atom. The van der Waals surface area contributed by atoms with Crippen LogP contribution in [0.4, 0.5) is 5.69 Å². The van der Waals surface area contributed by atoms with Gasteiger partial charge in [-0.15, -0.1) is 0 Å². The minimum Gasteiger partial charge on any atom is -0.326 e. The van der Waals surface area contributed by atoms with Crippen LogP contribution in [0.2, 0.25) is 0 Å². The first-order chi connectivity index (χ1) is 12.3. The van der Waals surface area contributed by atoms with Crippen molar-refractivity contribution < 1.29 is 9.59 Å². The summed E-state index contributed by atoms with van der Waals surface area (Å²) in [6.45, 7) is 8.03. The van der Waals surface area contributed by atoms with Gasteiger partial charge in [-0.1, -0.05) is 29.8 Å². The summed E-state index contributed by atoms with van der Waals surface area (Å²) in [6, 6.07) is 11.7. The quantitative estimate of drug-likeness (QED) is 0.614. The molecule has 0 saturated carbocycles. The molecule has 0 unspecified atom stereocenters. The monoisotopic (exact) mass is 351 g/mol. The highest BCUT2D eigenvalue weighted by Gasteiger charge is 2.07. The van der Waals surface area contributed by atoms with E-state index in [0.29, 0.717) is 0 Å². The number of carbonyl (C=O) groups excluding carboxylic acids is 2. The Morgan fingerprint density at radius 2 is 1.62 bits per heavy atom. The van der Waals surface area contributed by atoms with Crippen molar-refractivity contribution in [3.05, 3.63) is 64.2 Å². The van der Waals surface area contributed by atoms with Crippen LogP contribution >= 0.6 is 0 Å². The Labute approximate surface area is 154 Å². The van der Waals surface area contributed by atoms with E-state index < -0.39 is 0 Å². The van der Waals surface area contributed by atoms with Crippen molar-refractivity contribution in [2.45, 2.75) is 40.5 Å². The van der Waals surface area contributed by atoms with Crippen LogP contribution in [0.25, 0.3) is 0 Å². The van der Waals surface area contributed by atoms with Crippen LogP contribution in [-0.4, -0.2) is 18.0 Å². The number of hydrogen-bond acceptors (Lipinski definition) is 3. The summed E-state index contributed by atoms with van der Waals surface area (Å²) in [5.41, 5.74) is 8.70. The molecule has 0 bridgehead atoms. The average Bonchev–Trinajstić information content (AvgIpc) is 2.58. The fourth-order valence-corrected chi connectivity index (χ4v) is 2.47. The second-order valence-electron chi connectivity index (χ2n) is 6.50. The van der Waals surface area contributed by atoms with Gasteiger partial charge in [0.05, 0.1) is 6.21 Å². The van der Waals surface area contributed by atoms with Gasteiger partial charge in [0.2, 0.25) is 11.8 Å². The minimum absolute atomic E-state index is 0.0842. The van der Waals surface area contributed by atoms with Crippen LogP contribution in [0.15, 0.2) is 41.5 Å². The van der Waals surface area contributed by atoms with Gasteiger partial charge >= 0.3 is 0 Å². The molecular formula is C21H25N3O2. The number of hydrazone groups is 1. The molecule has 136 valence electrons. The summed E-state index contributed by atoms with van der Waals surface area (Å²) >= 11 is 0. The molecule has 0 spiro atoms. The Kier molecular flexibility index (Phi) is 6.67. The molecule has 2 rings (SSSR count). The van der Waals surface area contributed by atoms with Crippen LogP contribution in [0.1, 0.15) is 40.7 Å². The molecule has 26 heavy (non-hydrogen) atoms. The van der Waals surface area contributed by atoms with Gasteiger partial charge in [0.25, 0.3) is 0 Å². The second-order valence-corrected chi connectivity index (χ2v) is 6.50. The molecular weight excluding hydrogens is 326 g/mol. The van der Waals surface area contributed by atoms with Crippen LogP contribution in [0.3, 0.4) is 0 Å². The Morgan fingerprint density at radius 1 is 0.885 bits per heavy atom. The fourth-order valence-electron chi connectivity index (χ4n) is 2.47. The van der Waals surface area contributed by atoms with Crippen LogP contribution in [-0.2, 0) is 9.59 Å². The number of benzene rings is 2. The van der Waals surface area contributed by atoms with Crippen molar-refractivity contribution >= 4 is 23.7 Å². The molecule has 2 aromatic carbocycles. The Bertz CT molecular complexity index is 841. The molecule has 2 N–H and O–H groups in total. The van der Waals surface area contributed by atoms with Crippen LogP contribution < -0.4 is 10.7 Å². The highest BCUT2D eigenvalue weighted by Crippen LogP contribution is 2.14. The summed E-state index contributed by atoms with van der Waals surface area (Å²) in [5, 5.41) is 6.76. The molecule has 0 aliphatic carbocycles. The molecule has 0 saturated heterocycles. The molecule has 2 aromatic rings. The maximum absolute atomic E-state index is 12.0. The van der Waals surface area contributed by atoms with Crippen molar-refractivity contribution in [2.75, 3.05) is 5.32 Å². The molecule has 5 nitrogen and oxygen atoms in total. The van der Waals surface area contributed by atoms with Gasteiger partial charge in [-0.25, -0.2) is 5.43 Å². The third kappa shape index (κ3) is 5.84. The highest BCUT2D eigenvalue weighted by atomic mass is 16.2. The number of aryl methyl sites for hydroxylation is 4. The molecule has 0 atom stereocenters. The summed E-state index contributed by atoms with van der Waals surface area (Å²) in [7, 11) is 0. The molecule has 0 heterocycles. The predicted octanol–water partition coefficient (Wildman–Crippen LogP) is 3.79. The number of anilines is 1. The van der Waals surface area contributed by atoms with E-state index >= 15 is 0 Å². The van der Waals surface area contributed by atoms with Crippen molar-refractivity contribution in [3.63, 3.8) is 0 Å². The van der Waals surface area contributed by atoms with E-state index in [-0.39, 0.29) is 24.7 Å². The Hall–Kier alpha value is -2.95. The van der Waals surface area contributed by atoms with E-state index in [2.05, 4.69) is 21.9 Å².